The van der Waals surface area contributed by atoms with Crippen molar-refractivity contribution in [2.75, 3.05) is 7.11 Å². The number of nitrogens with zero attached hydrogens (tertiary/aromatic N) is 1. The monoisotopic (exact) mass is 254 g/mol. The van der Waals surface area contributed by atoms with Gasteiger partial charge >= 0.3 is 0 Å². The van der Waals surface area contributed by atoms with Gasteiger partial charge in [0.1, 0.15) is 11.8 Å². The van der Waals surface area contributed by atoms with Crippen LogP contribution in [0.3, 0.4) is 0 Å². The minimum Gasteiger partial charge on any atom is -0.496 e. The van der Waals surface area contributed by atoms with E-state index in [0.717, 1.165) is 22.7 Å². The number of nitriles is 1. The molecule has 0 saturated carbocycles. The molecule has 1 heterocycles. The summed E-state index contributed by atoms with van der Waals surface area (Å²) in [5.41, 5.74) is 4.81. The zero-order valence-electron chi connectivity index (χ0n) is 11.7. The second-order valence-corrected chi connectivity index (χ2v) is 4.94. The van der Waals surface area contributed by atoms with Crippen molar-refractivity contribution in [3.05, 3.63) is 41.1 Å². The topological polar surface area (TPSA) is 48.8 Å². The Kier molecular flexibility index (Phi) is 3.62. The lowest BCUT2D eigenvalue weighted by atomic mass is 9.98. The number of aromatic nitrogens is 1. The Bertz CT molecular complexity index is 633. The molecule has 1 aromatic heterocycles. The van der Waals surface area contributed by atoms with E-state index in [1.165, 1.54) is 5.56 Å². The van der Waals surface area contributed by atoms with Gasteiger partial charge in [-0.1, -0.05) is 13.8 Å². The average Bonchev–Trinajstić information content (AvgIpc) is 2.79. The third-order valence-electron chi connectivity index (χ3n) is 3.30. The number of benzene rings is 1. The van der Waals surface area contributed by atoms with Gasteiger partial charge in [-0.3, -0.25) is 0 Å². The van der Waals surface area contributed by atoms with Gasteiger partial charge in [0.15, 0.2) is 0 Å². The van der Waals surface area contributed by atoms with Crippen LogP contribution in [0.25, 0.3) is 11.3 Å². The van der Waals surface area contributed by atoms with Crippen LogP contribution in [0.2, 0.25) is 0 Å². The van der Waals surface area contributed by atoms with Gasteiger partial charge in [-0.15, -0.1) is 0 Å². The lowest BCUT2D eigenvalue weighted by Crippen LogP contribution is -1.94. The standard InChI is InChI=1S/C16H18N2O/c1-10(2)14-7-12(5-6-16(14)19-4)15-8-13(9-17)11(3)18-15/h5-8,10,18H,1-4H3. The highest BCUT2D eigenvalue weighted by molar-refractivity contribution is 5.65. The second kappa shape index (κ2) is 5.19. The quantitative estimate of drug-likeness (QED) is 0.900. The van der Waals surface area contributed by atoms with Gasteiger partial charge in [-0.2, -0.15) is 5.26 Å². The van der Waals surface area contributed by atoms with Crippen molar-refractivity contribution in [3.63, 3.8) is 0 Å². The smallest absolute Gasteiger partial charge is 0.122 e. The van der Waals surface area contributed by atoms with Gasteiger partial charge in [-0.05, 0) is 48.2 Å². The van der Waals surface area contributed by atoms with Gasteiger partial charge in [0.25, 0.3) is 0 Å². The van der Waals surface area contributed by atoms with Crippen molar-refractivity contribution in [2.45, 2.75) is 26.7 Å². The van der Waals surface area contributed by atoms with Crippen molar-refractivity contribution in [3.8, 4) is 23.1 Å². The Morgan fingerprint density at radius 3 is 2.53 bits per heavy atom. The summed E-state index contributed by atoms with van der Waals surface area (Å²) in [6, 6.07) is 10.2. The van der Waals surface area contributed by atoms with Gasteiger partial charge in [0, 0.05) is 11.4 Å². The summed E-state index contributed by atoms with van der Waals surface area (Å²) < 4.78 is 5.39. The first-order valence-corrected chi connectivity index (χ1v) is 6.34. The number of methoxy groups -OCH3 is 1. The maximum Gasteiger partial charge on any atom is 0.122 e. The van der Waals surface area contributed by atoms with Crippen molar-refractivity contribution in [1.82, 2.24) is 4.98 Å². The van der Waals surface area contributed by atoms with E-state index >= 15 is 0 Å². The number of hydrogen-bond acceptors (Lipinski definition) is 2. The molecule has 2 rings (SSSR count). The normalized spacial score (nSPS) is 10.5. The number of hydrogen-bond donors (Lipinski definition) is 1. The lowest BCUT2D eigenvalue weighted by molar-refractivity contribution is 0.407. The van der Waals surface area contributed by atoms with Gasteiger partial charge in [-0.25, -0.2) is 0 Å². The Labute approximate surface area is 113 Å². The van der Waals surface area contributed by atoms with Crippen molar-refractivity contribution < 1.29 is 4.74 Å². The molecule has 0 unspecified atom stereocenters. The molecule has 0 radical (unpaired) electrons. The SMILES string of the molecule is COc1ccc(-c2cc(C#N)c(C)[nH]2)cc1C(C)C. The molecule has 0 fully saturated rings. The van der Waals surface area contributed by atoms with Crippen LogP contribution in [-0.4, -0.2) is 12.1 Å². The Balaban J connectivity index is 2.51. The Morgan fingerprint density at radius 2 is 2.00 bits per heavy atom. The van der Waals surface area contributed by atoms with E-state index < -0.39 is 0 Å². The number of ether oxygens (including phenoxy) is 1. The fraction of sp³-hybridized carbons (Fsp3) is 0.312. The molecule has 3 heteroatoms. The first-order chi connectivity index (χ1) is 9.06. The Hall–Kier alpha value is -2.21. The van der Waals surface area contributed by atoms with E-state index in [0.29, 0.717) is 11.5 Å². The summed E-state index contributed by atoms with van der Waals surface area (Å²) in [5.74, 6) is 1.30. The molecule has 0 aliphatic rings. The molecule has 0 amide bonds. The summed E-state index contributed by atoms with van der Waals surface area (Å²) in [4.78, 5) is 3.25. The lowest BCUT2D eigenvalue weighted by Gasteiger charge is -2.13. The molecule has 0 bridgehead atoms. The van der Waals surface area contributed by atoms with Crippen LogP contribution < -0.4 is 4.74 Å². The molecule has 0 aliphatic heterocycles. The van der Waals surface area contributed by atoms with E-state index in [-0.39, 0.29) is 0 Å². The molecular weight excluding hydrogens is 236 g/mol. The maximum atomic E-state index is 9.01. The third kappa shape index (κ3) is 2.48. The summed E-state index contributed by atoms with van der Waals surface area (Å²) in [7, 11) is 1.69. The molecule has 0 saturated heterocycles. The first kappa shape index (κ1) is 13.2. The highest BCUT2D eigenvalue weighted by Crippen LogP contribution is 2.31. The van der Waals surface area contributed by atoms with E-state index in [4.69, 9.17) is 10.00 Å². The summed E-state index contributed by atoms with van der Waals surface area (Å²) in [5, 5.41) is 9.01. The Morgan fingerprint density at radius 1 is 1.26 bits per heavy atom. The van der Waals surface area contributed by atoms with E-state index in [1.54, 1.807) is 7.11 Å². The highest BCUT2D eigenvalue weighted by Gasteiger charge is 2.11. The van der Waals surface area contributed by atoms with E-state index in [1.807, 2.05) is 25.1 Å². The number of aromatic amines is 1. The number of nitrogens with one attached hydrogen (secondary N) is 1. The van der Waals surface area contributed by atoms with Gasteiger partial charge < -0.3 is 9.72 Å². The zero-order chi connectivity index (χ0) is 14.0. The summed E-state index contributed by atoms with van der Waals surface area (Å²) in [6.07, 6.45) is 0. The van der Waals surface area contributed by atoms with Crippen molar-refractivity contribution >= 4 is 0 Å². The fourth-order valence-electron chi connectivity index (χ4n) is 2.18. The minimum absolute atomic E-state index is 0.390. The van der Waals surface area contributed by atoms with Crippen LogP contribution in [0.5, 0.6) is 5.75 Å². The molecule has 0 spiro atoms. The fourth-order valence-corrected chi connectivity index (χ4v) is 2.18. The second-order valence-electron chi connectivity index (χ2n) is 4.94. The molecule has 2 aromatic rings. The molecule has 1 N–H and O–H groups in total. The zero-order valence-corrected chi connectivity index (χ0v) is 11.7. The van der Waals surface area contributed by atoms with E-state index in [9.17, 15) is 0 Å². The third-order valence-corrected chi connectivity index (χ3v) is 3.30. The number of H-pyrrole nitrogens is 1. The van der Waals surface area contributed by atoms with Crippen LogP contribution in [-0.2, 0) is 0 Å². The molecule has 1 aromatic carbocycles. The van der Waals surface area contributed by atoms with Crippen molar-refractivity contribution in [2.24, 2.45) is 0 Å². The predicted molar refractivity (Wildman–Crippen MR) is 76.3 cm³/mol. The molecule has 0 aliphatic carbocycles. The molecule has 19 heavy (non-hydrogen) atoms. The number of rotatable bonds is 3. The van der Waals surface area contributed by atoms with Gasteiger partial charge in [0.05, 0.1) is 12.7 Å². The molecule has 3 nitrogen and oxygen atoms in total. The van der Waals surface area contributed by atoms with Crippen LogP contribution >= 0.6 is 0 Å². The molecular formula is C16H18N2O. The molecule has 0 atom stereocenters. The van der Waals surface area contributed by atoms with Gasteiger partial charge in [0.2, 0.25) is 0 Å². The van der Waals surface area contributed by atoms with Crippen LogP contribution in [0, 0.1) is 18.3 Å². The van der Waals surface area contributed by atoms with Crippen LogP contribution in [0.15, 0.2) is 24.3 Å². The van der Waals surface area contributed by atoms with Crippen LogP contribution in [0.1, 0.15) is 36.6 Å². The molecule has 98 valence electrons. The summed E-state index contributed by atoms with van der Waals surface area (Å²) >= 11 is 0. The first-order valence-electron chi connectivity index (χ1n) is 6.34. The largest absolute Gasteiger partial charge is 0.496 e. The van der Waals surface area contributed by atoms with Crippen LogP contribution in [0.4, 0.5) is 0 Å². The maximum absolute atomic E-state index is 9.01. The van der Waals surface area contributed by atoms with E-state index in [2.05, 4.69) is 31.0 Å². The average molecular weight is 254 g/mol. The summed E-state index contributed by atoms with van der Waals surface area (Å²) in [6.45, 7) is 6.19. The highest BCUT2D eigenvalue weighted by atomic mass is 16.5. The number of aryl methyl sites for hydroxylation is 1. The minimum atomic E-state index is 0.390. The predicted octanol–water partition coefficient (Wildman–Crippen LogP) is 3.99. The van der Waals surface area contributed by atoms with Crippen molar-refractivity contribution in [1.29, 1.82) is 5.26 Å².